The lowest BCUT2D eigenvalue weighted by Gasteiger charge is -2.12. The predicted octanol–water partition coefficient (Wildman–Crippen LogP) is 5.85. The van der Waals surface area contributed by atoms with Crippen LogP contribution in [0.4, 0.5) is 5.69 Å². The van der Waals surface area contributed by atoms with E-state index < -0.39 is 0 Å². The second kappa shape index (κ2) is 10.6. The Morgan fingerprint density at radius 3 is 2.24 bits per heavy atom. The quantitative estimate of drug-likeness (QED) is 0.322. The number of aryl methyl sites for hydroxylation is 2. The van der Waals surface area contributed by atoms with E-state index in [1.807, 2.05) is 66.9 Å². The highest BCUT2D eigenvalue weighted by Gasteiger charge is 2.17. The molecule has 0 aliphatic rings. The average Bonchev–Trinajstić information content (AvgIpc) is 3.22. The van der Waals surface area contributed by atoms with E-state index in [-0.39, 0.29) is 18.3 Å². The number of amides is 1. The van der Waals surface area contributed by atoms with Crippen LogP contribution in [-0.2, 0) is 11.4 Å². The zero-order valence-electron chi connectivity index (χ0n) is 18.3. The highest BCUT2D eigenvalue weighted by atomic mass is 35.5. The Morgan fingerprint density at radius 2 is 1.58 bits per heavy atom. The van der Waals surface area contributed by atoms with E-state index in [2.05, 4.69) is 15.5 Å². The minimum absolute atomic E-state index is 0.141. The zero-order valence-corrected chi connectivity index (χ0v) is 19.9. The molecule has 4 aromatic rings. The van der Waals surface area contributed by atoms with Crippen molar-refractivity contribution in [1.82, 2.24) is 14.8 Å². The van der Waals surface area contributed by atoms with E-state index in [0.29, 0.717) is 21.7 Å². The smallest absolute Gasteiger partial charge is 0.234 e. The van der Waals surface area contributed by atoms with Gasteiger partial charge < -0.3 is 10.1 Å². The topological polar surface area (TPSA) is 69.0 Å². The normalized spacial score (nSPS) is 10.8. The molecule has 33 heavy (non-hydrogen) atoms. The van der Waals surface area contributed by atoms with Crippen LogP contribution in [0.25, 0.3) is 5.69 Å². The maximum Gasteiger partial charge on any atom is 0.234 e. The fourth-order valence-corrected chi connectivity index (χ4v) is 3.98. The summed E-state index contributed by atoms with van der Waals surface area (Å²) in [6.45, 7) is 4.32. The number of anilines is 1. The summed E-state index contributed by atoms with van der Waals surface area (Å²) in [5.41, 5.74) is 3.92. The number of carbonyl (C=O) groups is 1. The van der Waals surface area contributed by atoms with Crippen molar-refractivity contribution in [2.45, 2.75) is 25.6 Å². The van der Waals surface area contributed by atoms with Crippen molar-refractivity contribution in [2.75, 3.05) is 11.1 Å². The molecule has 8 heteroatoms. The number of hydrogen-bond donors (Lipinski definition) is 1. The van der Waals surface area contributed by atoms with Gasteiger partial charge in [0.15, 0.2) is 11.0 Å². The highest BCUT2D eigenvalue weighted by molar-refractivity contribution is 7.99. The number of rotatable bonds is 8. The van der Waals surface area contributed by atoms with Gasteiger partial charge in [-0.1, -0.05) is 58.8 Å². The molecule has 0 radical (unpaired) electrons. The van der Waals surface area contributed by atoms with Crippen LogP contribution in [0.1, 0.15) is 17.0 Å². The third-order valence-corrected chi connectivity index (χ3v) is 6.02. The molecule has 0 aliphatic carbocycles. The lowest BCUT2D eigenvalue weighted by molar-refractivity contribution is -0.113. The van der Waals surface area contributed by atoms with Crippen LogP contribution in [0.3, 0.4) is 0 Å². The van der Waals surface area contributed by atoms with E-state index in [9.17, 15) is 4.79 Å². The molecule has 0 saturated carbocycles. The molecule has 168 valence electrons. The number of nitrogens with zero attached hydrogens (tertiary/aromatic N) is 3. The molecule has 0 atom stereocenters. The predicted molar refractivity (Wildman–Crippen MR) is 132 cm³/mol. The SMILES string of the molecule is Cc1ccc(OCc2nnc(SCC(=O)Nc3ccc(Cl)cc3)n2-c2ccc(C)cc2)cc1. The number of benzene rings is 3. The summed E-state index contributed by atoms with van der Waals surface area (Å²) in [7, 11) is 0. The Balaban J connectivity index is 1.50. The number of thioether (sulfide) groups is 1. The largest absolute Gasteiger partial charge is 0.486 e. The summed E-state index contributed by atoms with van der Waals surface area (Å²) in [5.74, 6) is 1.46. The molecule has 0 aliphatic heterocycles. The van der Waals surface area contributed by atoms with Crippen LogP contribution >= 0.6 is 23.4 Å². The van der Waals surface area contributed by atoms with Crippen LogP contribution in [0.5, 0.6) is 5.75 Å². The Kier molecular flexibility index (Phi) is 7.32. The maximum atomic E-state index is 12.5. The molecule has 0 fully saturated rings. The van der Waals surface area contributed by atoms with Gasteiger partial charge in [0.25, 0.3) is 0 Å². The van der Waals surface area contributed by atoms with Gasteiger partial charge in [0.05, 0.1) is 5.75 Å². The number of aromatic nitrogens is 3. The van der Waals surface area contributed by atoms with Crippen molar-refractivity contribution < 1.29 is 9.53 Å². The molecular formula is C25H23ClN4O2S. The summed E-state index contributed by atoms with van der Waals surface area (Å²) < 4.78 is 7.86. The third kappa shape index (κ3) is 6.15. The number of carbonyl (C=O) groups excluding carboxylic acids is 1. The third-order valence-electron chi connectivity index (χ3n) is 4.84. The molecule has 0 bridgehead atoms. The van der Waals surface area contributed by atoms with Gasteiger partial charge in [-0.25, -0.2) is 0 Å². The fourth-order valence-electron chi connectivity index (χ4n) is 3.08. The van der Waals surface area contributed by atoms with Crippen molar-refractivity contribution in [2.24, 2.45) is 0 Å². The molecule has 1 amide bonds. The number of hydrogen-bond acceptors (Lipinski definition) is 5. The van der Waals surface area contributed by atoms with Crippen molar-refractivity contribution in [3.63, 3.8) is 0 Å². The van der Waals surface area contributed by atoms with Gasteiger partial charge in [0.1, 0.15) is 12.4 Å². The van der Waals surface area contributed by atoms with Crippen LogP contribution in [0, 0.1) is 13.8 Å². The van der Waals surface area contributed by atoms with Crippen molar-refractivity contribution in [3.05, 3.63) is 94.8 Å². The second-order valence-electron chi connectivity index (χ2n) is 7.52. The van der Waals surface area contributed by atoms with Crippen LogP contribution in [-0.4, -0.2) is 26.4 Å². The number of ether oxygens (including phenoxy) is 1. The number of halogens is 1. The van der Waals surface area contributed by atoms with Crippen LogP contribution in [0.15, 0.2) is 78.0 Å². The van der Waals surface area contributed by atoms with Gasteiger partial charge >= 0.3 is 0 Å². The Bertz CT molecular complexity index is 1220. The van der Waals surface area contributed by atoms with Gasteiger partial charge in [-0.3, -0.25) is 9.36 Å². The summed E-state index contributed by atoms with van der Waals surface area (Å²) >= 11 is 7.22. The highest BCUT2D eigenvalue weighted by Crippen LogP contribution is 2.24. The monoisotopic (exact) mass is 478 g/mol. The maximum absolute atomic E-state index is 12.5. The molecular weight excluding hydrogens is 456 g/mol. The number of nitrogens with one attached hydrogen (secondary N) is 1. The first-order chi connectivity index (χ1) is 16.0. The fraction of sp³-hybridized carbons (Fsp3) is 0.160. The van der Waals surface area contributed by atoms with Gasteiger partial charge in [0, 0.05) is 16.4 Å². The molecule has 6 nitrogen and oxygen atoms in total. The lowest BCUT2D eigenvalue weighted by atomic mass is 10.2. The Hall–Kier alpha value is -3.29. The summed E-state index contributed by atoms with van der Waals surface area (Å²) in [6.07, 6.45) is 0. The van der Waals surface area contributed by atoms with Crippen LogP contribution < -0.4 is 10.1 Å². The molecule has 1 N–H and O–H groups in total. The molecule has 0 spiro atoms. The Morgan fingerprint density at radius 1 is 0.939 bits per heavy atom. The first-order valence-corrected chi connectivity index (χ1v) is 11.7. The van der Waals surface area contributed by atoms with E-state index in [1.54, 1.807) is 24.3 Å². The van der Waals surface area contributed by atoms with Crippen molar-refractivity contribution in [1.29, 1.82) is 0 Å². The first kappa shape index (κ1) is 22.9. The van der Waals surface area contributed by atoms with E-state index in [1.165, 1.54) is 17.3 Å². The van der Waals surface area contributed by atoms with Gasteiger partial charge in [-0.05, 0) is 62.4 Å². The minimum Gasteiger partial charge on any atom is -0.486 e. The molecule has 1 heterocycles. The minimum atomic E-state index is -0.141. The molecule has 4 rings (SSSR count). The molecule has 3 aromatic carbocycles. The Labute approximate surface area is 202 Å². The summed E-state index contributed by atoms with van der Waals surface area (Å²) in [5, 5.41) is 12.8. The summed E-state index contributed by atoms with van der Waals surface area (Å²) in [4.78, 5) is 12.5. The molecule has 0 saturated heterocycles. The van der Waals surface area contributed by atoms with E-state index in [4.69, 9.17) is 16.3 Å². The van der Waals surface area contributed by atoms with Gasteiger partial charge in [-0.2, -0.15) is 0 Å². The first-order valence-electron chi connectivity index (χ1n) is 10.4. The second-order valence-corrected chi connectivity index (χ2v) is 8.89. The van der Waals surface area contributed by atoms with E-state index in [0.717, 1.165) is 17.0 Å². The summed E-state index contributed by atoms with van der Waals surface area (Å²) in [6, 6.07) is 22.9. The molecule has 0 unspecified atom stereocenters. The standard InChI is InChI=1S/C25H23ClN4O2S/c1-17-3-11-21(12-4-17)30-23(15-32-22-13-5-18(2)6-14-22)28-29-25(30)33-16-24(31)27-20-9-7-19(26)8-10-20/h3-14H,15-16H2,1-2H3,(H,27,31). The van der Waals surface area contributed by atoms with Gasteiger partial charge in [-0.15, -0.1) is 10.2 Å². The zero-order chi connectivity index (χ0) is 23.2. The molecule has 1 aromatic heterocycles. The van der Waals surface area contributed by atoms with Crippen molar-refractivity contribution >= 4 is 35.0 Å². The van der Waals surface area contributed by atoms with Crippen LogP contribution in [0.2, 0.25) is 5.02 Å². The average molecular weight is 479 g/mol. The lowest BCUT2D eigenvalue weighted by Crippen LogP contribution is -2.14. The van der Waals surface area contributed by atoms with Gasteiger partial charge in [0.2, 0.25) is 5.91 Å². The van der Waals surface area contributed by atoms with E-state index >= 15 is 0 Å². The van der Waals surface area contributed by atoms with Crippen molar-refractivity contribution in [3.8, 4) is 11.4 Å².